The van der Waals surface area contributed by atoms with Gasteiger partial charge in [0.1, 0.15) is 5.92 Å². The van der Waals surface area contributed by atoms with Gasteiger partial charge in [-0.25, -0.2) is 0 Å². The van der Waals surface area contributed by atoms with Gasteiger partial charge >= 0.3 is 5.97 Å². The normalized spacial score (nSPS) is 16.8. The van der Waals surface area contributed by atoms with E-state index in [0.717, 1.165) is 0 Å². The maximum absolute atomic E-state index is 12.4. The van der Waals surface area contributed by atoms with Gasteiger partial charge in [0.25, 0.3) is 0 Å². The molecule has 1 heterocycles. The molecule has 1 aliphatic rings. The predicted molar refractivity (Wildman–Crippen MR) is 86.3 cm³/mol. The molecule has 6 nitrogen and oxygen atoms in total. The lowest BCUT2D eigenvalue weighted by atomic mass is 9.96. The molecular weight excluding hydrogens is 296 g/mol. The van der Waals surface area contributed by atoms with E-state index in [1.54, 1.807) is 45.0 Å². The van der Waals surface area contributed by atoms with Gasteiger partial charge in [0.2, 0.25) is 11.8 Å². The highest BCUT2D eigenvalue weighted by Gasteiger charge is 2.36. The number of amides is 2. The molecule has 1 aliphatic heterocycles. The molecule has 0 radical (unpaired) electrons. The number of carboxylic acid groups (broad SMARTS) is 1. The molecule has 6 heteroatoms. The highest BCUT2D eigenvalue weighted by Crippen LogP contribution is 2.36. The summed E-state index contributed by atoms with van der Waals surface area (Å²) >= 11 is 0. The van der Waals surface area contributed by atoms with E-state index in [1.165, 1.54) is 4.90 Å². The molecule has 2 N–H and O–H groups in total. The average Bonchev–Trinajstić information content (AvgIpc) is 2.85. The van der Waals surface area contributed by atoms with Crippen molar-refractivity contribution in [3.63, 3.8) is 0 Å². The van der Waals surface area contributed by atoms with Crippen LogP contribution in [0.5, 0.6) is 0 Å². The fourth-order valence-corrected chi connectivity index (χ4v) is 2.54. The summed E-state index contributed by atoms with van der Waals surface area (Å²) in [5, 5.41) is 12.0. The van der Waals surface area contributed by atoms with Crippen molar-refractivity contribution in [2.45, 2.75) is 33.1 Å². The molecule has 0 aromatic heterocycles. The fourth-order valence-electron chi connectivity index (χ4n) is 2.54. The van der Waals surface area contributed by atoms with E-state index in [0.29, 0.717) is 11.3 Å². The zero-order valence-corrected chi connectivity index (χ0v) is 13.6. The minimum atomic E-state index is -0.936. The monoisotopic (exact) mass is 318 g/mol. The van der Waals surface area contributed by atoms with Crippen molar-refractivity contribution in [1.29, 1.82) is 0 Å². The number of carbonyl (C=O) groups excluding carboxylic acids is 2. The second-order valence-electron chi connectivity index (χ2n) is 6.71. The number of aliphatic carboxylic acids is 1. The molecule has 0 bridgehead atoms. The molecule has 1 aromatic rings. The number of fused-ring (bicyclic) bond motifs is 1. The first-order chi connectivity index (χ1) is 10.7. The van der Waals surface area contributed by atoms with Crippen molar-refractivity contribution in [1.82, 2.24) is 5.32 Å². The largest absolute Gasteiger partial charge is 0.481 e. The Labute approximate surface area is 135 Å². The van der Waals surface area contributed by atoms with E-state index in [1.807, 2.05) is 0 Å². The van der Waals surface area contributed by atoms with Gasteiger partial charge in [0.15, 0.2) is 0 Å². The van der Waals surface area contributed by atoms with Gasteiger partial charge in [-0.1, -0.05) is 39.0 Å². The Morgan fingerprint density at radius 1 is 1.26 bits per heavy atom. The van der Waals surface area contributed by atoms with Crippen LogP contribution in [0.3, 0.4) is 0 Å². The molecule has 23 heavy (non-hydrogen) atoms. The number of rotatable bonds is 4. The number of hydrogen-bond donors (Lipinski definition) is 2. The standard InChI is InChI=1S/C17H22N2O4/c1-17(2,3)16(23)18-9-8-14(20)19-10-12(15(21)22)11-6-4-5-7-13(11)19/h4-7,12H,8-10H2,1-3H3,(H,18,23)(H,21,22). The quantitative estimate of drug-likeness (QED) is 0.885. The van der Waals surface area contributed by atoms with E-state index in [-0.39, 0.29) is 31.3 Å². The van der Waals surface area contributed by atoms with E-state index in [4.69, 9.17) is 0 Å². The van der Waals surface area contributed by atoms with Gasteiger partial charge in [-0.05, 0) is 11.6 Å². The van der Waals surface area contributed by atoms with Gasteiger partial charge in [0.05, 0.1) is 0 Å². The van der Waals surface area contributed by atoms with Crippen LogP contribution in [-0.4, -0.2) is 36.0 Å². The Kier molecular flexibility index (Phi) is 4.73. The molecular formula is C17H22N2O4. The van der Waals surface area contributed by atoms with Crippen molar-refractivity contribution in [3.05, 3.63) is 29.8 Å². The Morgan fingerprint density at radius 3 is 2.52 bits per heavy atom. The first-order valence-corrected chi connectivity index (χ1v) is 7.62. The molecule has 1 unspecified atom stereocenters. The topological polar surface area (TPSA) is 86.7 Å². The van der Waals surface area contributed by atoms with E-state index < -0.39 is 17.3 Å². The molecule has 0 saturated carbocycles. The summed E-state index contributed by atoms with van der Waals surface area (Å²) in [6, 6.07) is 7.05. The number of nitrogens with one attached hydrogen (secondary N) is 1. The third kappa shape index (κ3) is 3.70. The second-order valence-corrected chi connectivity index (χ2v) is 6.71. The van der Waals surface area contributed by atoms with Gasteiger partial charge in [0, 0.05) is 30.6 Å². The van der Waals surface area contributed by atoms with Crippen LogP contribution in [0.2, 0.25) is 0 Å². The number of anilines is 1. The van der Waals surface area contributed by atoms with Crippen molar-refractivity contribution in [3.8, 4) is 0 Å². The Balaban J connectivity index is 2.01. The molecule has 124 valence electrons. The number of carbonyl (C=O) groups is 3. The summed E-state index contributed by atoms with van der Waals surface area (Å²) in [4.78, 5) is 37.0. The van der Waals surface area contributed by atoms with Crippen LogP contribution < -0.4 is 10.2 Å². The molecule has 0 aliphatic carbocycles. The van der Waals surface area contributed by atoms with Crippen LogP contribution in [0.25, 0.3) is 0 Å². The lowest BCUT2D eigenvalue weighted by molar-refractivity contribution is -0.138. The molecule has 2 amide bonds. The number of hydrogen-bond acceptors (Lipinski definition) is 3. The lowest BCUT2D eigenvalue weighted by Crippen LogP contribution is -2.38. The number of benzene rings is 1. The molecule has 0 saturated heterocycles. The maximum atomic E-state index is 12.4. The second kappa shape index (κ2) is 6.40. The molecule has 0 spiro atoms. The predicted octanol–water partition coefficient (Wildman–Crippen LogP) is 1.75. The minimum absolute atomic E-state index is 0.115. The molecule has 2 rings (SSSR count). The summed E-state index contributed by atoms with van der Waals surface area (Å²) in [5.74, 6) is -1.93. The Bertz CT molecular complexity index is 634. The lowest BCUT2D eigenvalue weighted by Gasteiger charge is -2.20. The van der Waals surface area contributed by atoms with Crippen LogP contribution >= 0.6 is 0 Å². The highest BCUT2D eigenvalue weighted by molar-refractivity contribution is 5.99. The van der Waals surface area contributed by atoms with Crippen molar-refractivity contribution in [2.24, 2.45) is 5.41 Å². The number of nitrogens with zero attached hydrogens (tertiary/aromatic N) is 1. The smallest absolute Gasteiger partial charge is 0.312 e. The van der Waals surface area contributed by atoms with Crippen LogP contribution in [0.4, 0.5) is 5.69 Å². The fraction of sp³-hybridized carbons (Fsp3) is 0.471. The minimum Gasteiger partial charge on any atom is -0.481 e. The van der Waals surface area contributed by atoms with Crippen LogP contribution in [0.15, 0.2) is 24.3 Å². The Morgan fingerprint density at radius 2 is 1.91 bits per heavy atom. The summed E-state index contributed by atoms with van der Waals surface area (Å²) in [6.07, 6.45) is 0.141. The first-order valence-electron chi connectivity index (χ1n) is 7.62. The van der Waals surface area contributed by atoms with Gasteiger partial charge in [-0.2, -0.15) is 0 Å². The van der Waals surface area contributed by atoms with Crippen molar-refractivity contribution < 1.29 is 19.5 Å². The Hall–Kier alpha value is -2.37. The van der Waals surface area contributed by atoms with E-state index in [9.17, 15) is 19.5 Å². The summed E-state index contributed by atoms with van der Waals surface area (Å²) in [7, 11) is 0. The number of carboxylic acids is 1. The summed E-state index contributed by atoms with van der Waals surface area (Å²) in [5.41, 5.74) is 0.802. The van der Waals surface area contributed by atoms with E-state index >= 15 is 0 Å². The van der Waals surface area contributed by atoms with Crippen molar-refractivity contribution in [2.75, 3.05) is 18.0 Å². The molecule has 0 fully saturated rings. The van der Waals surface area contributed by atoms with Crippen LogP contribution in [0.1, 0.15) is 38.7 Å². The molecule has 1 atom stereocenters. The zero-order chi connectivity index (χ0) is 17.2. The third-order valence-corrected chi connectivity index (χ3v) is 3.87. The van der Waals surface area contributed by atoms with Crippen molar-refractivity contribution >= 4 is 23.5 Å². The van der Waals surface area contributed by atoms with E-state index in [2.05, 4.69) is 5.32 Å². The maximum Gasteiger partial charge on any atom is 0.312 e. The number of para-hydroxylation sites is 1. The summed E-state index contributed by atoms with van der Waals surface area (Å²) < 4.78 is 0. The van der Waals surface area contributed by atoms with Crippen LogP contribution in [-0.2, 0) is 14.4 Å². The highest BCUT2D eigenvalue weighted by atomic mass is 16.4. The van der Waals surface area contributed by atoms with Crippen LogP contribution in [0, 0.1) is 5.41 Å². The zero-order valence-electron chi connectivity index (χ0n) is 13.6. The summed E-state index contributed by atoms with van der Waals surface area (Å²) in [6.45, 7) is 5.79. The van der Waals surface area contributed by atoms with Gasteiger partial charge in [-0.15, -0.1) is 0 Å². The molecule has 1 aromatic carbocycles. The first kappa shape index (κ1) is 17.0. The average molecular weight is 318 g/mol. The van der Waals surface area contributed by atoms with Gasteiger partial charge < -0.3 is 15.3 Å². The third-order valence-electron chi connectivity index (χ3n) is 3.87. The van der Waals surface area contributed by atoms with Gasteiger partial charge in [-0.3, -0.25) is 14.4 Å². The SMILES string of the molecule is CC(C)(C)C(=O)NCCC(=O)N1CC(C(=O)O)c2ccccc21.